The number of rotatable bonds is 4. The zero-order chi connectivity index (χ0) is 19.3. The summed E-state index contributed by atoms with van der Waals surface area (Å²) in [6.45, 7) is 1.84. The number of benzene rings is 1. The van der Waals surface area contributed by atoms with Gasteiger partial charge in [0.15, 0.2) is 0 Å². The Morgan fingerprint density at radius 1 is 1.00 bits per heavy atom. The van der Waals surface area contributed by atoms with E-state index in [1.54, 1.807) is 10.4 Å². The summed E-state index contributed by atoms with van der Waals surface area (Å²) in [6, 6.07) is 5.60. The molecule has 0 N–H and O–H groups in total. The molecule has 0 spiro atoms. The fourth-order valence-corrected chi connectivity index (χ4v) is 7.49. The van der Waals surface area contributed by atoms with Gasteiger partial charge < -0.3 is 4.90 Å². The van der Waals surface area contributed by atoms with Gasteiger partial charge in [-0.15, -0.1) is 0 Å². The molecule has 4 aliphatic rings. The molecule has 5 rings (SSSR count). The van der Waals surface area contributed by atoms with Crippen LogP contribution in [0.15, 0.2) is 23.1 Å². The average molecular weight is 403 g/mol. The van der Waals surface area contributed by atoms with E-state index in [0.29, 0.717) is 43.4 Å². The zero-order valence-corrected chi connectivity index (χ0v) is 17.3. The number of carbonyl (C=O) groups is 1. The predicted molar refractivity (Wildman–Crippen MR) is 107 cm³/mol. The quantitative estimate of drug-likeness (QED) is 0.778. The van der Waals surface area contributed by atoms with Crippen molar-refractivity contribution in [1.82, 2.24) is 9.21 Å². The molecule has 3 fully saturated rings. The Hall–Kier alpha value is -1.40. The van der Waals surface area contributed by atoms with Crippen LogP contribution < -0.4 is 0 Å². The van der Waals surface area contributed by atoms with Crippen molar-refractivity contribution in [2.45, 2.75) is 56.3 Å². The molecule has 1 aromatic rings. The molecule has 1 aliphatic heterocycles. The molecular formula is C22H30N2O3S. The van der Waals surface area contributed by atoms with Crippen LogP contribution in [0.5, 0.6) is 0 Å². The van der Waals surface area contributed by atoms with Gasteiger partial charge in [-0.1, -0.05) is 12.5 Å². The van der Waals surface area contributed by atoms with Crippen molar-refractivity contribution in [1.29, 1.82) is 0 Å². The Morgan fingerprint density at radius 2 is 1.79 bits per heavy atom. The third kappa shape index (κ3) is 3.28. The molecule has 1 heterocycles. The van der Waals surface area contributed by atoms with Crippen LogP contribution in [0.4, 0.5) is 0 Å². The van der Waals surface area contributed by atoms with E-state index in [-0.39, 0.29) is 5.91 Å². The van der Waals surface area contributed by atoms with Crippen molar-refractivity contribution in [3.63, 3.8) is 0 Å². The van der Waals surface area contributed by atoms with Crippen LogP contribution >= 0.6 is 0 Å². The lowest BCUT2D eigenvalue weighted by molar-refractivity contribution is -0.133. The highest BCUT2D eigenvalue weighted by atomic mass is 32.2. The maximum atomic E-state index is 13.1. The summed E-state index contributed by atoms with van der Waals surface area (Å²) in [6.07, 6.45) is 9.02. The number of hydrogen-bond donors (Lipinski definition) is 0. The highest BCUT2D eigenvalue weighted by Gasteiger charge is 2.41. The minimum Gasteiger partial charge on any atom is -0.340 e. The van der Waals surface area contributed by atoms with Crippen LogP contribution in [0, 0.1) is 17.8 Å². The van der Waals surface area contributed by atoms with Crippen LogP contribution in [0.3, 0.4) is 0 Å². The summed E-state index contributed by atoms with van der Waals surface area (Å²) in [5, 5.41) is 0. The Labute approximate surface area is 168 Å². The molecule has 0 unspecified atom stereocenters. The smallest absolute Gasteiger partial charge is 0.243 e. The van der Waals surface area contributed by atoms with E-state index < -0.39 is 10.0 Å². The molecule has 2 saturated carbocycles. The number of piperazine rings is 1. The Bertz CT molecular complexity index is 874. The van der Waals surface area contributed by atoms with Crippen molar-refractivity contribution < 1.29 is 13.2 Å². The predicted octanol–water partition coefficient (Wildman–Crippen LogP) is 2.83. The van der Waals surface area contributed by atoms with Crippen LogP contribution in [0.2, 0.25) is 0 Å². The van der Waals surface area contributed by atoms with E-state index in [9.17, 15) is 13.2 Å². The standard InChI is InChI=1S/C22H30N2O3S/c25-22(15-20-13-16-4-5-19(20)12-16)23-8-10-24(11-9-23)28(26,27)21-7-6-17-2-1-3-18(17)14-21/h6-7,14,16,19-20H,1-5,8-13,15H2/t16-,19-,20-/m1/s1. The van der Waals surface area contributed by atoms with Crippen molar-refractivity contribution in [2.75, 3.05) is 26.2 Å². The third-order valence-corrected chi connectivity index (χ3v) is 9.52. The van der Waals surface area contributed by atoms with E-state index in [1.165, 1.54) is 36.8 Å². The second-order valence-corrected chi connectivity index (χ2v) is 11.1. The number of amides is 1. The molecule has 1 aromatic carbocycles. The number of nitrogens with zero attached hydrogens (tertiary/aromatic N) is 2. The molecule has 6 heteroatoms. The van der Waals surface area contributed by atoms with Gasteiger partial charge in [-0.25, -0.2) is 8.42 Å². The lowest BCUT2D eigenvalue weighted by atomic mass is 9.86. The van der Waals surface area contributed by atoms with Gasteiger partial charge in [-0.05, 0) is 79.5 Å². The molecule has 2 bridgehead atoms. The first-order chi connectivity index (χ1) is 13.5. The third-order valence-electron chi connectivity index (χ3n) is 7.62. The van der Waals surface area contributed by atoms with Crippen molar-refractivity contribution in [3.8, 4) is 0 Å². The number of aryl methyl sites for hydroxylation is 2. The summed E-state index contributed by atoms with van der Waals surface area (Å²) < 4.78 is 27.7. The van der Waals surface area contributed by atoms with Crippen molar-refractivity contribution in [3.05, 3.63) is 29.3 Å². The molecule has 3 atom stereocenters. The van der Waals surface area contributed by atoms with Gasteiger partial charge in [0.25, 0.3) is 0 Å². The van der Waals surface area contributed by atoms with E-state index >= 15 is 0 Å². The number of sulfonamides is 1. The van der Waals surface area contributed by atoms with Crippen LogP contribution in [-0.4, -0.2) is 49.7 Å². The first-order valence-corrected chi connectivity index (χ1v) is 12.3. The van der Waals surface area contributed by atoms with Crippen LogP contribution in [-0.2, 0) is 27.7 Å². The molecule has 28 heavy (non-hydrogen) atoms. The minimum atomic E-state index is -3.47. The topological polar surface area (TPSA) is 57.7 Å². The fraction of sp³-hybridized carbons (Fsp3) is 0.682. The molecule has 1 amide bonds. The first-order valence-electron chi connectivity index (χ1n) is 10.9. The maximum Gasteiger partial charge on any atom is 0.243 e. The molecule has 1 saturated heterocycles. The molecular weight excluding hydrogens is 372 g/mol. The summed E-state index contributed by atoms with van der Waals surface area (Å²) in [5.41, 5.74) is 2.47. The van der Waals surface area contributed by atoms with Gasteiger partial charge >= 0.3 is 0 Å². The molecule has 0 radical (unpaired) electrons. The SMILES string of the molecule is O=C(C[C@H]1C[C@@H]2CC[C@@H]1C2)N1CCN(S(=O)(=O)c2ccc3c(c2)CCC3)CC1. The van der Waals surface area contributed by atoms with Gasteiger partial charge in [0.1, 0.15) is 0 Å². The second-order valence-electron chi connectivity index (χ2n) is 9.21. The number of carbonyl (C=O) groups excluding carboxylic acids is 1. The van der Waals surface area contributed by atoms with Crippen LogP contribution in [0.1, 0.15) is 49.7 Å². The number of hydrogen-bond acceptors (Lipinski definition) is 3. The molecule has 3 aliphatic carbocycles. The minimum absolute atomic E-state index is 0.229. The second kappa shape index (κ2) is 7.13. The van der Waals surface area contributed by atoms with Gasteiger partial charge in [0, 0.05) is 32.6 Å². The number of fused-ring (bicyclic) bond motifs is 3. The Morgan fingerprint density at radius 3 is 2.50 bits per heavy atom. The zero-order valence-electron chi connectivity index (χ0n) is 16.5. The molecule has 5 nitrogen and oxygen atoms in total. The van der Waals surface area contributed by atoms with Gasteiger partial charge in [-0.2, -0.15) is 4.31 Å². The first kappa shape index (κ1) is 18.6. The molecule has 152 valence electrons. The fourth-order valence-electron chi connectivity index (χ4n) is 6.02. The van der Waals surface area contributed by atoms with Gasteiger partial charge in [0.05, 0.1) is 4.90 Å². The average Bonchev–Trinajstić information content (AvgIpc) is 3.44. The summed E-state index contributed by atoms with van der Waals surface area (Å²) in [7, 11) is -3.47. The Kier molecular flexibility index (Phi) is 4.74. The van der Waals surface area contributed by atoms with E-state index in [4.69, 9.17) is 0 Å². The Balaban J connectivity index is 1.20. The summed E-state index contributed by atoms with van der Waals surface area (Å²) in [5.74, 6) is 2.42. The largest absolute Gasteiger partial charge is 0.340 e. The highest BCUT2D eigenvalue weighted by molar-refractivity contribution is 7.89. The van der Waals surface area contributed by atoms with Crippen molar-refractivity contribution >= 4 is 15.9 Å². The van der Waals surface area contributed by atoms with E-state index in [0.717, 1.165) is 31.1 Å². The van der Waals surface area contributed by atoms with Gasteiger partial charge in [0.2, 0.25) is 15.9 Å². The summed E-state index contributed by atoms with van der Waals surface area (Å²) >= 11 is 0. The molecule has 0 aromatic heterocycles. The van der Waals surface area contributed by atoms with Crippen LogP contribution in [0.25, 0.3) is 0 Å². The lowest BCUT2D eigenvalue weighted by Crippen LogP contribution is -2.50. The maximum absolute atomic E-state index is 13.1. The van der Waals surface area contributed by atoms with Gasteiger partial charge in [-0.3, -0.25) is 4.79 Å². The lowest BCUT2D eigenvalue weighted by Gasteiger charge is -2.35. The monoisotopic (exact) mass is 402 g/mol. The normalized spacial score (nSPS) is 30.0. The van der Waals surface area contributed by atoms with E-state index in [1.807, 2.05) is 17.0 Å². The van der Waals surface area contributed by atoms with Crippen molar-refractivity contribution in [2.24, 2.45) is 17.8 Å². The highest BCUT2D eigenvalue weighted by Crippen LogP contribution is 2.49. The van der Waals surface area contributed by atoms with E-state index in [2.05, 4.69) is 0 Å². The summed E-state index contributed by atoms with van der Waals surface area (Å²) in [4.78, 5) is 15.0.